The molecule has 10 rings (SSSR count). The molecule has 7 aromatic rings. The fourth-order valence-electron chi connectivity index (χ4n) is 8.67. The Morgan fingerprint density at radius 1 is 0.725 bits per heavy atom. The lowest BCUT2D eigenvalue weighted by atomic mass is 9.81. The number of rotatable bonds is 2. The van der Waals surface area contributed by atoms with Crippen LogP contribution in [-0.2, 0) is 11.1 Å². The summed E-state index contributed by atoms with van der Waals surface area (Å²) >= 11 is 3.63. The van der Waals surface area contributed by atoms with Crippen LogP contribution in [0.4, 0.5) is 5.69 Å². The van der Waals surface area contributed by atoms with Crippen molar-refractivity contribution in [2.24, 2.45) is 0 Å². The standard InChI is InChI=1S/C44H34N2O3S2/c1-43(2)38-25-15-9-11-17-35(25)50-40(38)27-19-29-33(21-31(27)45(43)5)49-34-22-32-28(20-30(34)37(29)23-13-7-8-14-24(23)42(47)48)41-39(44(3,4)46(32)6)26-16-10-12-18-36(26)51-41/h7-22H,1-6H3. The highest BCUT2D eigenvalue weighted by molar-refractivity contribution is 7.23. The first-order chi connectivity index (χ1) is 24.5. The maximum atomic E-state index is 12.7. The second-order valence-corrected chi connectivity index (χ2v) is 17.0. The lowest BCUT2D eigenvalue weighted by Gasteiger charge is -2.43. The molecular weight excluding hydrogens is 669 g/mol. The van der Waals surface area contributed by atoms with E-state index in [-0.39, 0.29) is 16.6 Å². The van der Waals surface area contributed by atoms with Crippen molar-refractivity contribution < 1.29 is 14.6 Å². The van der Waals surface area contributed by atoms with Crippen LogP contribution >= 0.6 is 22.7 Å². The average Bonchev–Trinajstić information content (AvgIpc) is 3.72. The molecule has 250 valence electrons. The Bertz CT molecular complexity index is 2860. The van der Waals surface area contributed by atoms with Gasteiger partial charge in [0.2, 0.25) is 5.36 Å². The summed E-state index contributed by atoms with van der Waals surface area (Å²) in [5.74, 6) is 0.207. The predicted octanol–water partition coefficient (Wildman–Crippen LogP) is 8.22. The molecular formula is C44H34N2O3S2. The van der Waals surface area contributed by atoms with Crippen LogP contribution < -0.4 is 29.9 Å². The molecule has 0 amide bonds. The van der Waals surface area contributed by atoms with E-state index in [4.69, 9.17) is 4.74 Å². The molecule has 3 aliphatic heterocycles. The Morgan fingerprint density at radius 2 is 1.35 bits per heavy atom. The number of carbonyl (C=O) groups is 1. The number of thiophene rings is 2. The lowest BCUT2D eigenvalue weighted by Crippen LogP contribution is -2.46. The largest absolute Gasteiger partial charge is 0.545 e. The van der Waals surface area contributed by atoms with Gasteiger partial charge in [0.15, 0.2) is 5.54 Å². The number of carboxylic acids is 1. The van der Waals surface area contributed by atoms with Gasteiger partial charge >= 0.3 is 0 Å². The molecule has 0 N–H and O–H groups in total. The zero-order valence-corrected chi connectivity index (χ0v) is 30.8. The monoisotopic (exact) mass is 702 g/mol. The average molecular weight is 703 g/mol. The maximum Gasteiger partial charge on any atom is 0.212 e. The number of benzene rings is 5. The normalized spacial score (nSPS) is 16.2. The third kappa shape index (κ3) is 3.96. The van der Waals surface area contributed by atoms with E-state index in [1.807, 2.05) is 34.8 Å². The van der Waals surface area contributed by atoms with E-state index in [0.29, 0.717) is 17.1 Å². The van der Waals surface area contributed by atoms with Gasteiger partial charge in [-0.2, -0.15) is 0 Å². The number of nitrogens with zero attached hydrogens (tertiary/aromatic N) is 2. The Morgan fingerprint density at radius 3 is 2.06 bits per heavy atom. The van der Waals surface area contributed by atoms with E-state index >= 15 is 0 Å². The van der Waals surface area contributed by atoms with Crippen LogP contribution in [0.3, 0.4) is 0 Å². The third-order valence-electron chi connectivity index (χ3n) is 11.7. The summed E-state index contributed by atoms with van der Waals surface area (Å²) in [5.41, 5.74) is 7.87. The van der Waals surface area contributed by atoms with Gasteiger partial charge in [0, 0.05) is 90.9 Å². The minimum absolute atomic E-state index is 0.156. The molecule has 5 nitrogen and oxygen atoms in total. The summed E-state index contributed by atoms with van der Waals surface area (Å²) in [7, 11) is 4.31. The lowest BCUT2D eigenvalue weighted by molar-refractivity contribution is -0.255. The van der Waals surface area contributed by atoms with Gasteiger partial charge in [-0.05, 0) is 49.1 Å². The summed E-state index contributed by atoms with van der Waals surface area (Å²) in [6.07, 6.45) is 0. The van der Waals surface area contributed by atoms with E-state index < -0.39 is 5.97 Å². The molecule has 0 unspecified atom stereocenters. The second-order valence-electron chi connectivity index (χ2n) is 14.9. The van der Waals surface area contributed by atoms with Crippen LogP contribution in [0, 0.1) is 0 Å². The molecule has 0 radical (unpaired) electrons. The fourth-order valence-corrected chi connectivity index (χ4v) is 11.4. The molecule has 5 heterocycles. The molecule has 0 bridgehead atoms. The van der Waals surface area contributed by atoms with Gasteiger partial charge in [-0.1, -0.05) is 60.7 Å². The van der Waals surface area contributed by atoms with Crippen molar-refractivity contribution in [2.45, 2.75) is 38.8 Å². The minimum Gasteiger partial charge on any atom is -0.545 e. The Labute approximate surface area is 303 Å². The molecule has 0 saturated heterocycles. The summed E-state index contributed by atoms with van der Waals surface area (Å²) in [6, 6.07) is 33.2. The maximum absolute atomic E-state index is 12.7. The van der Waals surface area contributed by atoms with Crippen molar-refractivity contribution in [2.75, 3.05) is 19.0 Å². The summed E-state index contributed by atoms with van der Waals surface area (Å²) in [5, 5.41) is 17.2. The van der Waals surface area contributed by atoms with E-state index in [0.717, 1.165) is 38.5 Å². The quantitative estimate of drug-likeness (QED) is 0.171. The second kappa shape index (κ2) is 10.2. The summed E-state index contributed by atoms with van der Waals surface area (Å²) < 4.78 is 11.8. The molecule has 3 aliphatic rings. The smallest absolute Gasteiger partial charge is 0.212 e. The Hall–Kier alpha value is -5.24. The minimum atomic E-state index is -1.20. The van der Waals surface area contributed by atoms with Gasteiger partial charge < -0.3 is 19.5 Å². The number of hydrogen-bond donors (Lipinski definition) is 0. The number of fused-ring (bicyclic) bond motifs is 12. The molecule has 0 spiro atoms. The highest BCUT2D eigenvalue weighted by atomic mass is 32.1. The molecule has 2 aromatic heterocycles. The number of anilines is 1. The molecule has 0 saturated carbocycles. The number of aromatic carboxylic acids is 1. The molecule has 7 heteroatoms. The molecule has 0 fully saturated rings. The molecule has 51 heavy (non-hydrogen) atoms. The Kier molecular flexibility index (Phi) is 6.10. The van der Waals surface area contributed by atoms with Gasteiger partial charge in [0.25, 0.3) is 0 Å². The fraction of sp³-hybridized carbons (Fsp3) is 0.182. The topological polar surface area (TPSA) is 55.6 Å². The van der Waals surface area contributed by atoms with Crippen molar-refractivity contribution in [3.8, 4) is 32.4 Å². The van der Waals surface area contributed by atoms with Crippen LogP contribution in [0.2, 0.25) is 0 Å². The molecule has 5 aromatic carbocycles. The van der Waals surface area contributed by atoms with Crippen molar-refractivity contribution in [3.63, 3.8) is 0 Å². The zero-order chi connectivity index (χ0) is 35.1. The van der Waals surface area contributed by atoms with Crippen LogP contribution in [0.1, 0.15) is 60.3 Å². The van der Waals surface area contributed by atoms with Crippen molar-refractivity contribution >= 4 is 60.1 Å². The van der Waals surface area contributed by atoms with Crippen molar-refractivity contribution in [1.82, 2.24) is 4.58 Å². The first-order valence-corrected chi connectivity index (χ1v) is 18.8. The summed E-state index contributed by atoms with van der Waals surface area (Å²) in [6.45, 7) is 9.12. The third-order valence-corrected chi connectivity index (χ3v) is 14.1. The van der Waals surface area contributed by atoms with Gasteiger partial charge in [0.1, 0.15) is 18.5 Å². The van der Waals surface area contributed by atoms with Gasteiger partial charge in [-0.15, -0.1) is 22.7 Å². The van der Waals surface area contributed by atoms with Crippen LogP contribution in [0.25, 0.3) is 46.6 Å². The number of hydrogen-bond acceptors (Lipinski definition) is 6. The molecule has 0 atom stereocenters. The number of ether oxygens (including phenoxy) is 1. The highest BCUT2D eigenvalue weighted by Gasteiger charge is 2.43. The number of carboxylic acid groups (broad SMARTS) is 1. The SMILES string of the molecule is CN1c2cc3c(cc2-c2sc4ccccc4c2C1(C)C)C(c1ccccc1C(=O)[O-])=c1cc2c(cc1O3)=[N+](C)C(C)(C)c1c-2sc2ccccc12. The van der Waals surface area contributed by atoms with E-state index in [1.54, 1.807) is 12.1 Å². The highest BCUT2D eigenvalue weighted by Crippen LogP contribution is 2.56. The summed E-state index contributed by atoms with van der Waals surface area (Å²) in [4.78, 5) is 17.6. The van der Waals surface area contributed by atoms with E-state index in [9.17, 15) is 9.90 Å². The van der Waals surface area contributed by atoms with Crippen LogP contribution in [-0.4, -0.2) is 20.1 Å². The van der Waals surface area contributed by atoms with E-state index in [1.165, 1.54) is 41.1 Å². The number of carbonyl (C=O) groups excluding carboxylic acids is 1. The van der Waals surface area contributed by atoms with Crippen LogP contribution in [0.5, 0.6) is 11.5 Å². The van der Waals surface area contributed by atoms with Crippen LogP contribution in [0.15, 0.2) is 97.1 Å². The Balaban J connectivity index is 1.35. The van der Waals surface area contributed by atoms with Gasteiger partial charge in [-0.3, -0.25) is 0 Å². The van der Waals surface area contributed by atoms with Crippen molar-refractivity contribution in [1.29, 1.82) is 0 Å². The first-order valence-electron chi connectivity index (χ1n) is 17.2. The van der Waals surface area contributed by atoms with Gasteiger partial charge in [0.05, 0.1) is 28.0 Å². The zero-order valence-electron chi connectivity index (χ0n) is 29.2. The molecule has 0 aliphatic carbocycles. The van der Waals surface area contributed by atoms with Crippen molar-refractivity contribution in [3.05, 3.63) is 135 Å². The predicted molar refractivity (Wildman–Crippen MR) is 208 cm³/mol. The van der Waals surface area contributed by atoms with Gasteiger partial charge in [-0.25, -0.2) is 4.58 Å². The van der Waals surface area contributed by atoms with E-state index in [2.05, 4.69) is 124 Å². The first kappa shape index (κ1) is 30.6.